The molecule has 4 fully saturated rings. The van der Waals surface area contributed by atoms with Gasteiger partial charge in [-0.2, -0.15) is 9.97 Å². The number of rotatable bonds is 6. The van der Waals surface area contributed by atoms with E-state index in [1.807, 2.05) is 6.92 Å². The number of fused-ring (bicyclic) bond motifs is 3. The molecular weight excluding hydrogens is 588 g/mol. The van der Waals surface area contributed by atoms with Crippen molar-refractivity contribution in [3.05, 3.63) is 60.0 Å². The highest BCUT2D eigenvalue weighted by Crippen LogP contribution is 2.47. The molecule has 0 saturated carbocycles. The first-order chi connectivity index (χ1) is 22.2. The van der Waals surface area contributed by atoms with Gasteiger partial charge in [0.2, 0.25) is 0 Å². The van der Waals surface area contributed by atoms with Crippen LogP contribution in [0.2, 0.25) is 0 Å². The highest BCUT2D eigenvalue weighted by molar-refractivity contribution is 6.01. The van der Waals surface area contributed by atoms with Gasteiger partial charge < -0.3 is 19.5 Å². The van der Waals surface area contributed by atoms with Crippen LogP contribution in [0.5, 0.6) is 11.8 Å². The number of aryl methyl sites for hydroxylation is 1. The average Bonchev–Trinajstić information content (AvgIpc) is 3.57. The monoisotopic (exact) mass is 627 g/mol. The Morgan fingerprint density at radius 1 is 1.15 bits per heavy atom. The van der Waals surface area contributed by atoms with Crippen LogP contribution in [0.25, 0.3) is 32.9 Å². The molecule has 1 spiro atoms. The van der Waals surface area contributed by atoms with Gasteiger partial charge in [-0.05, 0) is 85.5 Å². The molecule has 0 bridgehead atoms. The molecule has 0 aliphatic carbocycles. The molecule has 240 valence electrons. The molecule has 2 atom stereocenters. The number of aromatic hydroxyl groups is 1. The topological polar surface area (TPSA) is 83.8 Å². The van der Waals surface area contributed by atoms with Crippen molar-refractivity contribution in [2.45, 2.75) is 57.9 Å². The second kappa shape index (κ2) is 10.8. The van der Waals surface area contributed by atoms with E-state index in [2.05, 4.69) is 33.3 Å². The fraction of sp³-hybridized carbons (Fsp3) is 0.472. The van der Waals surface area contributed by atoms with Crippen LogP contribution in [0.1, 0.15) is 51.5 Å². The number of anilines is 1. The molecule has 0 radical (unpaired) electrons. The molecular formula is C36H39F2N5O3. The number of benzene rings is 2. The molecule has 1 N–H and O–H groups in total. The Balaban J connectivity index is 1.29. The van der Waals surface area contributed by atoms with Crippen LogP contribution in [0.3, 0.4) is 0 Å². The van der Waals surface area contributed by atoms with Crippen molar-refractivity contribution in [2.24, 2.45) is 11.3 Å². The van der Waals surface area contributed by atoms with Crippen LogP contribution < -0.4 is 9.64 Å². The molecule has 0 amide bonds. The zero-order valence-corrected chi connectivity index (χ0v) is 26.4. The SMILES string of the molecule is C=C(Oc1nc(N2CCCC3(COC3)C2)c2cnc(-c3cc(O)cc4ccc(F)c(CC)c34)c(F)c2n1)[C@@]12CCCN1CC(C)C2. The zero-order valence-electron chi connectivity index (χ0n) is 26.4. The molecule has 4 aliphatic rings. The molecule has 2 aromatic carbocycles. The average molecular weight is 628 g/mol. The van der Waals surface area contributed by atoms with Crippen LogP contribution in [0.15, 0.2) is 42.8 Å². The molecule has 8 rings (SSSR count). The summed E-state index contributed by atoms with van der Waals surface area (Å²) in [6, 6.07) is 6.02. The summed E-state index contributed by atoms with van der Waals surface area (Å²) < 4.78 is 44.0. The van der Waals surface area contributed by atoms with Crippen LogP contribution >= 0.6 is 0 Å². The first-order valence-corrected chi connectivity index (χ1v) is 16.5. The van der Waals surface area contributed by atoms with E-state index in [-0.39, 0.29) is 39.7 Å². The predicted molar refractivity (Wildman–Crippen MR) is 173 cm³/mol. The second-order valence-electron chi connectivity index (χ2n) is 13.9. The third-order valence-corrected chi connectivity index (χ3v) is 10.8. The number of pyridine rings is 1. The highest BCUT2D eigenvalue weighted by Gasteiger charge is 2.50. The van der Waals surface area contributed by atoms with E-state index >= 15 is 8.78 Å². The Morgan fingerprint density at radius 3 is 2.76 bits per heavy atom. The van der Waals surface area contributed by atoms with Crippen LogP contribution in [-0.4, -0.2) is 69.9 Å². The van der Waals surface area contributed by atoms with Crippen molar-refractivity contribution < 1.29 is 23.4 Å². The first-order valence-electron chi connectivity index (χ1n) is 16.5. The van der Waals surface area contributed by atoms with E-state index in [1.165, 1.54) is 12.1 Å². The van der Waals surface area contributed by atoms with Crippen molar-refractivity contribution in [1.82, 2.24) is 19.9 Å². The third-order valence-electron chi connectivity index (χ3n) is 10.8. The first kappa shape index (κ1) is 29.5. The van der Waals surface area contributed by atoms with Gasteiger partial charge >= 0.3 is 6.01 Å². The van der Waals surface area contributed by atoms with E-state index in [1.54, 1.807) is 18.3 Å². The number of ether oxygens (including phenoxy) is 2. The number of halogens is 2. The molecule has 46 heavy (non-hydrogen) atoms. The maximum absolute atomic E-state index is 17.0. The Kier molecular flexibility index (Phi) is 6.95. The number of phenols is 1. The van der Waals surface area contributed by atoms with E-state index < -0.39 is 5.82 Å². The number of phenolic OH excluding ortho intramolecular Hbond substituents is 1. The third kappa shape index (κ3) is 4.55. The van der Waals surface area contributed by atoms with E-state index in [9.17, 15) is 5.11 Å². The van der Waals surface area contributed by atoms with Crippen molar-refractivity contribution in [2.75, 3.05) is 44.3 Å². The zero-order chi connectivity index (χ0) is 31.8. The standard InChI is InChI=1S/C36H39F2N5O3/c1-4-25-28(37)8-7-23-13-24(44)14-26(29(23)25)31-30(38)32-27(16-39-31)33(42-11-5-9-35(18-42)19-45-20-35)41-34(40-32)46-22(3)36-10-6-12-43(36)17-21(2)15-36/h7-8,13-14,16,21,44H,3-6,9-12,15,17-20H2,1-2H3/t21?,36-/m0/s1. The number of nitrogens with zero attached hydrogens (tertiary/aromatic N) is 5. The minimum Gasteiger partial charge on any atom is -0.508 e. The maximum atomic E-state index is 17.0. The van der Waals surface area contributed by atoms with E-state index in [0.29, 0.717) is 64.4 Å². The lowest BCUT2D eigenvalue weighted by Crippen LogP contribution is -2.54. The van der Waals surface area contributed by atoms with Crippen molar-refractivity contribution in [3.8, 4) is 23.0 Å². The summed E-state index contributed by atoms with van der Waals surface area (Å²) in [7, 11) is 0. The van der Waals surface area contributed by atoms with Gasteiger partial charge in [-0.25, -0.2) is 8.78 Å². The van der Waals surface area contributed by atoms with E-state index in [0.717, 1.165) is 58.3 Å². The Morgan fingerprint density at radius 2 is 1.98 bits per heavy atom. The molecule has 4 aromatic rings. The Hall–Kier alpha value is -3.89. The molecule has 4 saturated heterocycles. The molecule has 10 heteroatoms. The molecule has 6 heterocycles. The lowest BCUT2D eigenvalue weighted by Gasteiger charge is -2.48. The van der Waals surface area contributed by atoms with Gasteiger partial charge in [-0.3, -0.25) is 9.88 Å². The van der Waals surface area contributed by atoms with Gasteiger partial charge in [-0.1, -0.05) is 26.5 Å². The number of hydrogen-bond acceptors (Lipinski definition) is 8. The second-order valence-corrected chi connectivity index (χ2v) is 13.9. The summed E-state index contributed by atoms with van der Waals surface area (Å²) in [5, 5.41) is 12.2. The van der Waals surface area contributed by atoms with Gasteiger partial charge in [0.25, 0.3) is 0 Å². The Bertz CT molecular complexity index is 1900. The lowest BCUT2D eigenvalue weighted by molar-refractivity contribution is -0.117. The summed E-state index contributed by atoms with van der Waals surface area (Å²) >= 11 is 0. The van der Waals surface area contributed by atoms with Gasteiger partial charge in [-0.15, -0.1) is 0 Å². The van der Waals surface area contributed by atoms with E-state index in [4.69, 9.17) is 14.5 Å². The summed E-state index contributed by atoms with van der Waals surface area (Å²) in [5.41, 5.74) is 0.562. The number of hydrogen-bond donors (Lipinski definition) is 1. The Labute approximate surface area is 267 Å². The molecule has 2 aromatic heterocycles. The van der Waals surface area contributed by atoms with Crippen molar-refractivity contribution >= 4 is 27.5 Å². The fourth-order valence-electron chi connectivity index (χ4n) is 8.63. The van der Waals surface area contributed by atoms with Crippen LogP contribution in [-0.2, 0) is 11.2 Å². The summed E-state index contributed by atoms with van der Waals surface area (Å²) in [4.78, 5) is 18.8. The predicted octanol–water partition coefficient (Wildman–Crippen LogP) is 6.77. The van der Waals surface area contributed by atoms with Gasteiger partial charge in [0, 0.05) is 36.8 Å². The van der Waals surface area contributed by atoms with Gasteiger partial charge in [0.1, 0.15) is 34.4 Å². The molecule has 4 aliphatic heterocycles. The maximum Gasteiger partial charge on any atom is 0.324 e. The van der Waals surface area contributed by atoms with Crippen LogP contribution in [0.4, 0.5) is 14.6 Å². The fourth-order valence-corrected chi connectivity index (χ4v) is 8.63. The normalized spacial score (nSPS) is 24.1. The largest absolute Gasteiger partial charge is 0.508 e. The minimum atomic E-state index is -0.677. The van der Waals surface area contributed by atoms with Crippen molar-refractivity contribution in [3.63, 3.8) is 0 Å². The highest BCUT2D eigenvalue weighted by atomic mass is 19.1. The number of aromatic nitrogens is 3. The minimum absolute atomic E-state index is 0.0178. The quantitative estimate of drug-likeness (QED) is 0.235. The van der Waals surface area contributed by atoms with Gasteiger partial charge in [0.05, 0.1) is 24.1 Å². The number of piperidine rings is 1. The summed E-state index contributed by atoms with van der Waals surface area (Å²) in [6.07, 6.45) is 6.98. The van der Waals surface area contributed by atoms with Gasteiger partial charge in [0.15, 0.2) is 5.82 Å². The summed E-state index contributed by atoms with van der Waals surface area (Å²) in [6.45, 7) is 13.3. The smallest absolute Gasteiger partial charge is 0.324 e. The van der Waals surface area contributed by atoms with Crippen LogP contribution in [0, 0.1) is 23.0 Å². The molecule has 8 nitrogen and oxygen atoms in total. The summed E-state index contributed by atoms with van der Waals surface area (Å²) in [5.74, 6) is 0.557. The lowest BCUT2D eigenvalue weighted by atomic mass is 9.78. The molecule has 1 unspecified atom stereocenters. The van der Waals surface area contributed by atoms with Crippen molar-refractivity contribution in [1.29, 1.82) is 0 Å².